The Bertz CT molecular complexity index is 271. The lowest BCUT2D eigenvalue weighted by atomic mass is 10.1. The van der Waals surface area contributed by atoms with Gasteiger partial charge in [-0.1, -0.05) is 12.0 Å². The maximum Gasteiger partial charge on any atom is 0.312 e. The molecule has 0 aromatic carbocycles. The van der Waals surface area contributed by atoms with Crippen molar-refractivity contribution in [2.45, 2.75) is 32.1 Å². The normalized spacial score (nSPS) is 29.4. The van der Waals surface area contributed by atoms with Crippen molar-refractivity contribution in [1.82, 2.24) is 10.2 Å². The van der Waals surface area contributed by atoms with E-state index in [1.807, 2.05) is 0 Å². The Morgan fingerprint density at radius 1 is 1.42 bits per heavy atom. The van der Waals surface area contributed by atoms with E-state index in [9.17, 15) is 0 Å². The van der Waals surface area contributed by atoms with Crippen LogP contribution in [-0.4, -0.2) is 10.2 Å². The molecule has 4 heteroatoms. The van der Waals surface area contributed by atoms with E-state index in [-0.39, 0.29) is 6.01 Å². The van der Waals surface area contributed by atoms with Crippen LogP contribution in [0.5, 0.6) is 0 Å². The van der Waals surface area contributed by atoms with Gasteiger partial charge < -0.3 is 10.2 Å². The van der Waals surface area contributed by atoms with Gasteiger partial charge in [0, 0.05) is 5.92 Å². The lowest BCUT2D eigenvalue weighted by Crippen LogP contribution is -1.93. The van der Waals surface area contributed by atoms with Gasteiger partial charge in [-0.3, -0.25) is 0 Å². The first-order valence-electron chi connectivity index (χ1n) is 4.34. The van der Waals surface area contributed by atoms with E-state index in [4.69, 9.17) is 10.2 Å². The number of hydrogen-bond acceptors (Lipinski definition) is 4. The fourth-order valence-corrected chi connectivity index (χ4v) is 1.84. The number of hydrogen-bond donors (Lipinski definition) is 1. The Morgan fingerprint density at radius 3 is 2.75 bits per heavy atom. The fourth-order valence-electron chi connectivity index (χ4n) is 1.84. The van der Waals surface area contributed by atoms with Crippen LogP contribution in [0.1, 0.15) is 38.0 Å². The highest BCUT2D eigenvalue weighted by Crippen LogP contribution is 2.37. The standard InChI is InChI=1S/C8H13N3O/c1-5-2-3-6(4-5)7-10-11-8(9)12-7/h5-6H,2-4H2,1H3,(H2,9,11). The van der Waals surface area contributed by atoms with Gasteiger partial charge in [0.05, 0.1) is 0 Å². The van der Waals surface area contributed by atoms with Gasteiger partial charge in [0.2, 0.25) is 5.89 Å². The molecule has 1 heterocycles. The summed E-state index contributed by atoms with van der Waals surface area (Å²) in [7, 11) is 0. The molecule has 66 valence electrons. The van der Waals surface area contributed by atoms with Crippen LogP contribution >= 0.6 is 0 Å². The molecule has 0 aliphatic heterocycles. The number of rotatable bonds is 1. The second kappa shape index (κ2) is 2.77. The minimum absolute atomic E-state index is 0.185. The first kappa shape index (κ1) is 7.58. The van der Waals surface area contributed by atoms with E-state index >= 15 is 0 Å². The predicted molar refractivity (Wildman–Crippen MR) is 44.5 cm³/mol. The van der Waals surface area contributed by atoms with E-state index in [0.717, 1.165) is 24.7 Å². The maximum absolute atomic E-state index is 5.34. The predicted octanol–water partition coefficient (Wildman–Crippen LogP) is 1.56. The van der Waals surface area contributed by atoms with Crippen LogP contribution in [0.2, 0.25) is 0 Å². The van der Waals surface area contributed by atoms with Gasteiger partial charge >= 0.3 is 6.01 Å². The molecular weight excluding hydrogens is 154 g/mol. The van der Waals surface area contributed by atoms with Crippen LogP contribution < -0.4 is 5.73 Å². The Kier molecular flexibility index (Phi) is 1.75. The molecule has 0 amide bonds. The molecule has 12 heavy (non-hydrogen) atoms. The van der Waals surface area contributed by atoms with Crippen molar-refractivity contribution in [1.29, 1.82) is 0 Å². The number of nitrogens with zero attached hydrogens (tertiary/aromatic N) is 2. The first-order chi connectivity index (χ1) is 5.75. The molecule has 2 N–H and O–H groups in total. The summed E-state index contributed by atoms with van der Waals surface area (Å²) in [5.41, 5.74) is 5.34. The molecule has 0 spiro atoms. The van der Waals surface area contributed by atoms with Gasteiger partial charge in [0.15, 0.2) is 0 Å². The van der Waals surface area contributed by atoms with E-state index in [1.54, 1.807) is 0 Å². The van der Waals surface area contributed by atoms with Crippen molar-refractivity contribution in [3.63, 3.8) is 0 Å². The van der Waals surface area contributed by atoms with E-state index in [1.165, 1.54) is 6.42 Å². The first-order valence-corrected chi connectivity index (χ1v) is 4.34. The summed E-state index contributed by atoms with van der Waals surface area (Å²) < 4.78 is 5.17. The third-order valence-electron chi connectivity index (χ3n) is 2.50. The molecular formula is C8H13N3O. The van der Waals surface area contributed by atoms with Crippen molar-refractivity contribution in [2.24, 2.45) is 5.92 Å². The fraction of sp³-hybridized carbons (Fsp3) is 0.750. The molecule has 1 aromatic heterocycles. The minimum atomic E-state index is 0.185. The number of aromatic nitrogens is 2. The van der Waals surface area contributed by atoms with Crippen molar-refractivity contribution in [2.75, 3.05) is 5.73 Å². The summed E-state index contributed by atoms with van der Waals surface area (Å²) in [5, 5.41) is 7.54. The zero-order valence-electron chi connectivity index (χ0n) is 7.16. The molecule has 2 unspecified atom stereocenters. The summed E-state index contributed by atoms with van der Waals surface area (Å²) in [5.74, 6) is 1.95. The topological polar surface area (TPSA) is 64.9 Å². The molecule has 4 nitrogen and oxygen atoms in total. The van der Waals surface area contributed by atoms with Crippen LogP contribution in [0.15, 0.2) is 4.42 Å². The third-order valence-corrected chi connectivity index (χ3v) is 2.50. The summed E-state index contributed by atoms with van der Waals surface area (Å²) >= 11 is 0. The van der Waals surface area contributed by atoms with Crippen LogP contribution in [0.25, 0.3) is 0 Å². The van der Waals surface area contributed by atoms with Crippen molar-refractivity contribution in [3.05, 3.63) is 5.89 Å². The maximum atomic E-state index is 5.34. The van der Waals surface area contributed by atoms with Gasteiger partial charge in [-0.15, -0.1) is 5.10 Å². The Labute approximate surface area is 71.2 Å². The molecule has 0 radical (unpaired) electrons. The van der Waals surface area contributed by atoms with E-state index in [2.05, 4.69) is 17.1 Å². The summed E-state index contributed by atoms with van der Waals surface area (Å²) in [6, 6.07) is 0.185. The molecule has 2 atom stereocenters. The molecule has 1 aromatic rings. The van der Waals surface area contributed by atoms with Crippen LogP contribution in [0.3, 0.4) is 0 Å². The monoisotopic (exact) mass is 167 g/mol. The summed E-state index contributed by atoms with van der Waals surface area (Å²) in [4.78, 5) is 0. The zero-order chi connectivity index (χ0) is 8.55. The molecule has 1 fully saturated rings. The van der Waals surface area contributed by atoms with Crippen molar-refractivity contribution < 1.29 is 4.42 Å². The lowest BCUT2D eigenvalue weighted by Gasteiger charge is -2.01. The highest BCUT2D eigenvalue weighted by Gasteiger charge is 2.26. The van der Waals surface area contributed by atoms with Crippen LogP contribution in [-0.2, 0) is 0 Å². The highest BCUT2D eigenvalue weighted by molar-refractivity contribution is 5.07. The zero-order valence-corrected chi connectivity index (χ0v) is 7.16. The Hall–Kier alpha value is -1.06. The SMILES string of the molecule is CC1CCC(c2nnc(N)o2)C1. The minimum Gasteiger partial charge on any atom is -0.408 e. The summed E-state index contributed by atoms with van der Waals surface area (Å²) in [6.07, 6.45) is 3.57. The number of anilines is 1. The van der Waals surface area contributed by atoms with Crippen LogP contribution in [0, 0.1) is 5.92 Å². The quantitative estimate of drug-likeness (QED) is 0.689. The smallest absolute Gasteiger partial charge is 0.312 e. The highest BCUT2D eigenvalue weighted by atomic mass is 16.4. The van der Waals surface area contributed by atoms with E-state index in [0.29, 0.717) is 5.92 Å². The summed E-state index contributed by atoms with van der Waals surface area (Å²) in [6.45, 7) is 2.25. The molecule has 0 saturated heterocycles. The third kappa shape index (κ3) is 1.29. The molecule has 0 bridgehead atoms. The molecule has 1 aliphatic carbocycles. The van der Waals surface area contributed by atoms with Gasteiger partial charge in [0.25, 0.3) is 0 Å². The van der Waals surface area contributed by atoms with Gasteiger partial charge in [-0.05, 0) is 25.2 Å². The van der Waals surface area contributed by atoms with Gasteiger partial charge in [-0.25, -0.2) is 0 Å². The van der Waals surface area contributed by atoms with Crippen LogP contribution in [0.4, 0.5) is 6.01 Å². The molecule has 1 aliphatic rings. The van der Waals surface area contributed by atoms with Crippen molar-refractivity contribution in [3.8, 4) is 0 Å². The largest absolute Gasteiger partial charge is 0.408 e. The van der Waals surface area contributed by atoms with Crippen molar-refractivity contribution >= 4 is 6.01 Å². The second-order valence-electron chi connectivity index (χ2n) is 3.59. The molecule has 2 rings (SSSR count). The Balaban J connectivity index is 2.11. The average Bonchev–Trinajstić information content (AvgIpc) is 2.58. The average molecular weight is 167 g/mol. The van der Waals surface area contributed by atoms with Gasteiger partial charge in [-0.2, -0.15) is 0 Å². The van der Waals surface area contributed by atoms with E-state index < -0.39 is 0 Å². The van der Waals surface area contributed by atoms with Gasteiger partial charge in [0.1, 0.15) is 0 Å². The molecule has 1 saturated carbocycles. The lowest BCUT2D eigenvalue weighted by molar-refractivity contribution is 0.452. The number of nitrogen functional groups attached to an aromatic ring is 1. The number of nitrogens with two attached hydrogens (primary N) is 1. The second-order valence-corrected chi connectivity index (χ2v) is 3.59. The Morgan fingerprint density at radius 2 is 2.25 bits per heavy atom.